The van der Waals surface area contributed by atoms with Gasteiger partial charge in [0.15, 0.2) is 0 Å². The number of aliphatic carboxylic acids is 2. The molecule has 1 aromatic rings. The van der Waals surface area contributed by atoms with Crippen LogP contribution in [0.1, 0.15) is 33.4 Å². The number of alkyl halides is 3. The van der Waals surface area contributed by atoms with Crippen molar-refractivity contribution in [2.24, 2.45) is 0 Å². The van der Waals surface area contributed by atoms with Gasteiger partial charge in [-0.15, -0.1) is 11.3 Å². The summed E-state index contributed by atoms with van der Waals surface area (Å²) in [5.74, 6) is -1.98. The van der Waals surface area contributed by atoms with Gasteiger partial charge in [0.25, 0.3) is 5.91 Å². The Morgan fingerprint density at radius 2 is 1.93 bits per heavy atom. The molecule has 0 bridgehead atoms. The first kappa shape index (κ1) is 25.5. The maximum Gasteiger partial charge on any atom is 0.490 e. The van der Waals surface area contributed by atoms with Gasteiger partial charge in [-0.25, -0.2) is 9.78 Å². The van der Waals surface area contributed by atoms with Crippen molar-refractivity contribution in [3.8, 4) is 0 Å². The van der Waals surface area contributed by atoms with Crippen molar-refractivity contribution in [1.82, 2.24) is 10.3 Å². The molecule has 1 unspecified atom stereocenters. The molecule has 1 saturated heterocycles. The van der Waals surface area contributed by atoms with Crippen molar-refractivity contribution in [2.75, 3.05) is 31.3 Å². The molecule has 29 heavy (non-hydrogen) atoms. The van der Waals surface area contributed by atoms with Crippen LogP contribution >= 0.6 is 32.9 Å². The molecule has 0 radical (unpaired) electrons. The molecule has 3 N–H and O–H groups in total. The first-order valence-electron chi connectivity index (χ1n) is 8.19. The number of halogens is 3. The first-order chi connectivity index (χ1) is 13.6. The molecule has 1 amide bonds. The Kier molecular flexibility index (Phi) is 11.4. The minimum atomic E-state index is -5.08. The maximum absolute atomic E-state index is 12.0. The Hall–Kier alpha value is -1.51. The molecule has 0 spiro atoms. The lowest BCUT2D eigenvalue weighted by Crippen LogP contribution is -2.24. The van der Waals surface area contributed by atoms with Gasteiger partial charge in [-0.2, -0.15) is 13.2 Å². The van der Waals surface area contributed by atoms with Crippen LogP contribution in [0.5, 0.6) is 0 Å². The van der Waals surface area contributed by atoms with Crippen molar-refractivity contribution in [3.63, 3.8) is 0 Å². The molecule has 1 fully saturated rings. The summed E-state index contributed by atoms with van der Waals surface area (Å²) in [5, 5.41) is 19.5. The third kappa shape index (κ3) is 10.7. The topological polar surface area (TPSA) is 126 Å². The molecular formula is C15H19F3N2O6S3. The monoisotopic (exact) mass is 476 g/mol. The minimum absolute atomic E-state index is 0.0983. The Bertz CT molecular complexity index is 680. The van der Waals surface area contributed by atoms with Gasteiger partial charge in [-0.3, -0.25) is 9.59 Å². The summed E-state index contributed by atoms with van der Waals surface area (Å²) in [5.41, 5.74) is 0. The van der Waals surface area contributed by atoms with Crippen LogP contribution in [0.2, 0.25) is 0 Å². The van der Waals surface area contributed by atoms with Crippen LogP contribution in [0, 0.1) is 0 Å². The Morgan fingerprint density at radius 3 is 2.48 bits per heavy atom. The Balaban J connectivity index is 0.000000516. The third-order valence-corrected chi connectivity index (χ3v) is 6.79. The predicted molar refractivity (Wildman–Crippen MR) is 103 cm³/mol. The average Bonchev–Trinajstić information content (AvgIpc) is 3.31. The molecular weight excluding hydrogens is 457 g/mol. The number of hydrogen-bond acceptors (Lipinski definition) is 8. The van der Waals surface area contributed by atoms with E-state index in [1.807, 2.05) is 0 Å². The number of ether oxygens (including phenoxy) is 1. The number of aromatic nitrogens is 1. The summed E-state index contributed by atoms with van der Waals surface area (Å²) >= 11 is 1.43. The zero-order chi connectivity index (χ0) is 21.9. The lowest BCUT2D eigenvalue weighted by molar-refractivity contribution is -0.192. The summed E-state index contributed by atoms with van der Waals surface area (Å²) in [6, 6.07) is 0. The lowest BCUT2D eigenvalue weighted by atomic mass is 10.1. The highest BCUT2D eigenvalue weighted by Crippen LogP contribution is 2.28. The molecule has 0 aliphatic carbocycles. The number of carboxylic acids is 2. The summed E-state index contributed by atoms with van der Waals surface area (Å²) in [7, 11) is 3.08. The molecule has 8 nitrogen and oxygen atoms in total. The molecule has 1 atom stereocenters. The summed E-state index contributed by atoms with van der Waals surface area (Å²) in [4.78, 5) is 36.2. The standard InChI is InChI=1S/C13H18N2O4S3.C2HF3O2/c16-11(17)2-5-20-21-6-3-14-12(18)10-7-15-13(22-10)9-1-4-19-8-9;3-2(4,5)1(6)7/h7,9H,1-6,8H2,(H,14,18)(H,16,17);(H,6,7). The highest BCUT2D eigenvalue weighted by atomic mass is 33.1. The van der Waals surface area contributed by atoms with E-state index in [-0.39, 0.29) is 12.3 Å². The SMILES string of the molecule is O=C(O)C(F)(F)F.O=C(O)CCSSCCNC(=O)c1cnc(C2CCOC2)s1. The van der Waals surface area contributed by atoms with Crippen LogP contribution in [0.4, 0.5) is 13.2 Å². The fourth-order valence-electron chi connectivity index (χ4n) is 1.85. The molecule has 0 aromatic carbocycles. The zero-order valence-corrected chi connectivity index (χ0v) is 17.4. The van der Waals surface area contributed by atoms with Crippen LogP contribution in [0.3, 0.4) is 0 Å². The van der Waals surface area contributed by atoms with Gasteiger partial charge in [0.05, 0.1) is 24.2 Å². The van der Waals surface area contributed by atoms with E-state index >= 15 is 0 Å². The number of nitrogens with one attached hydrogen (secondary N) is 1. The van der Waals surface area contributed by atoms with Crippen molar-refractivity contribution in [1.29, 1.82) is 0 Å². The molecule has 0 saturated carbocycles. The van der Waals surface area contributed by atoms with E-state index in [0.29, 0.717) is 29.7 Å². The normalized spacial score (nSPS) is 16.0. The minimum Gasteiger partial charge on any atom is -0.481 e. The second-order valence-corrected chi connectivity index (χ2v) is 9.23. The fraction of sp³-hybridized carbons (Fsp3) is 0.600. The van der Waals surface area contributed by atoms with Gasteiger partial charge in [0.1, 0.15) is 4.88 Å². The molecule has 1 aliphatic heterocycles. The second kappa shape index (κ2) is 12.9. The fourth-order valence-corrected chi connectivity index (χ4v) is 4.69. The number of carboxylic acid groups (broad SMARTS) is 2. The third-order valence-electron chi connectivity index (χ3n) is 3.22. The second-order valence-electron chi connectivity index (χ2n) is 5.47. The number of nitrogens with zero attached hydrogens (tertiary/aromatic N) is 1. The summed E-state index contributed by atoms with van der Waals surface area (Å²) in [6.45, 7) is 2.02. The number of carbonyl (C=O) groups is 3. The molecule has 164 valence electrons. The lowest BCUT2D eigenvalue weighted by Gasteiger charge is -2.03. The van der Waals surface area contributed by atoms with E-state index in [1.165, 1.54) is 22.1 Å². The van der Waals surface area contributed by atoms with Crippen molar-refractivity contribution >= 4 is 50.8 Å². The highest BCUT2D eigenvalue weighted by molar-refractivity contribution is 8.76. The van der Waals surface area contributed by atoms with Crippen molar-refractivity contribution in [2.45, 2.75) is 24.9 Å². The Labute approximate surface area is 176 Å². The van der Waals surface area contributed by atoms with E-state index in [0.717, 1.165) is 23.8 Å². The van der Waals surface area contributed by atoms with Crippen LogP contribution < -0.4 is 5.32 Å². The quantitative estimate of drug-likeness (QED) is 0.364. The highest BCUT2D eigenvalue weighted by Gasteiger charge is 2.38. The maximum atomic E-state index is 12.0. The molecule has 14 heteroatoms. The number of carbonyl (C=O) groups excluding carboxylic acids is 1. The molecule has 1 aromatic heterocycles. The molecule has 1 aliphatic rings. The van der Waals surface area contributed by atoms with E-state index in [2.05, 4.69) is 10.3 Å². The zero-order valence-electron chi connectivity index (χ0n) is 14.9. The van der Waals surface area contributed by atoms with Gasteiger partial charge < -0.3 is 20.3 Å². The van der Waals surface area contributed by atoms with Crippen LogP contribution in [-0.2, 0) is 14.3 Å². The number of thiazole rings is 1. The number of amides is 1. The Morgan fingerprint density at radius 1 is 1.28 bits per heavy atom. The van der Waals surface area contributed by atoms with Crippen LogP contribution in [-0.4, -0.2) is 70.5 Å². The van der Waals surface area contributed by atoms with E-state index < -0.39 is 18.1 Å². The molecule has 2 heterocycles. The van der Waals surface area contributed by atoms with Gasteiger partial charge in [0, 0.05) is 30.6 Å². The van der Waals surface area contributed by atoms with Crippen molar-refractivity contribution in [3.05, 3.63) is 16.1 Å². The predicted octanol–water partition coefficient (Wildman–Crippen LogP) is 2.87. The number of rotatable bonds is 9. The number of hydrogen-bond donors (Lipinski definition) is 3. The van der Waals surface area contributed by atoms with E-state index in [1.54, 1.807) is 17.0 Å². The van der Waals surface area contributed by atoms with Crippen molar-refractivity contribution < 1.29 is 42.5 Å². The van der Waals surface area contributed by atoms with E-state index in [9.17, 15) is 22.8 Å². The summed E-state index contributed by atoms with van der Waals surface area (Å²) < 4.78 is 37.1. The van der Waals surface area contributed by atoms with Crippen LogP contribution in [0.15, 0.2) is 6.20 Å². The summed E-state index contributed by atoms with van der Waals surface area (Å²) in [6.07, 6.45) is -2.32. The smallest absolute Gasteiger partial charge is 0.481 e. The van der Waals surface area contributed by atoms with E-state index in [4.69, 9.17) is 19.7 Å². The largest absolute Gasteiger partial charge is 0.490 e. The van der Waals surface area contributed by atoms with Crippen LogP contribution in [0.25, 0.3) is 0 Å². The first-order valence-corrected chi connectivity index (χ1v) is 11.5. The van der Waals surface area contributed by atoms with Gasteiger partial charge in [-0.05, 0) is 6.42 Å². The van der Waals surface area contributed by atoms with Gasteiger partial charge in [-0.1, -0.05) is 21.6 Å². The average molecular weight is 477 g/mol. The van der Waals surface area contributed by atoms with Gasteiger partial charge in [0.2, 0.25) is 0 Å². The van der Waals surface area contributed by atoms with Gasteiger partial charge >= 0.3 is 18.1 Å². The molecule has 2 rings (SSSR count).